The predicted octanol–water partition coefficient (Wildman–Crippen LogP) is 8.58. The van der Waals surface area contributed by atoms with Crippen molar-refractivity contribution in [1.29, 1.82) is 0 Å². The highest BCUT2D eigenvalue weighted by Crippen LogP contribution is 2.31. The highest BCUT2D eigenvalue weighted by atomic mass is 19.4. The van der Waals surface area contributed by atoms with E-state index in [1.54, 1.807) is 37.8 Å². The van der Waals surface area contributed by atoms with Gasteiger partial charge in [0, 0.05) is 25.1 Å². The van der Waals surface area contributed by atoms with E-state index in [2.05, 4.69) is 0 Å². The second kappa shape index (κ2) is 14.6. The molecule has 0 saturated carbocycles. The number of likely N-dealkylation sites (tertiary alicyclic amines) is 1. The van der Waals surface area contributed by atoms with Gasteiger partial charge in [-0.3, -0.25) is 4.79 Å². The predicted molar refractivity (Wildman–Crippen MR) is 181 cm³/mol. The van der Waals surface area contributed by atoms with E-state index in [1.807, 2.05) is 54.6 Å². The van der Waals surface area contributed by atoms with Gasteiger partial charge in [0.25, 0.3) is 5.91 Å². The second-order valence-corrected chi connectivity index (χ2v) is 13.2. The van der Waals surface area contributed by atoms with E-state index in [1.165, 1.54) is 29.2 Å². The Morgan fingerprint density at radius 2 is 1.35 bits per heavy atom. The van der Waals surface area contributed by atoms with E-state index in [0.717, 1.165) is 28.8 Å². The first-order chi connectivity index (χ1) is 23.2. The summed E-state index contributed by atoms with van der Waals surface area (Å²) in [7, 11) is 0. The van der Waals surface area contributed by atoms with Crippen molar-refractivity contribution in [3.05, 3.63) is 120 Å². The molecule has 2 amide bonds. The molecule has 256 valence electrons. The maximum atomic E-state index is 14.2. The van der Waals surface area contributed by atoms with E-state index < -0.39 is 47.4 Å². The van der Waals surface area contributed by atoms with Crippen molar-refractivity contribution in [1.82, 2.24) is 9.80 Å². The number of benzene rings is 4. The van der Waals surface area contributed by atoms with Gasteiger partial charge in [0.2, 0.25) is 0 Å². The van der Waals surface area contributed by atoms with Crippen molar-refractivity contribution >= 4 is 18.0 Å². The average molecular weight is 673 g/mol. The summed E-state index contributed by atoms with van der Waals surface area (Å²) in [6.45, 7) is 5.69. The van der Waals surface area contributed by atoms with Crippen LogP contribution in [0.15, 0.2) is 103 Å². The summed E-state index contributed by atoms with van der Waals surface area (Å²) in [5, 5.41) is 10.5. The molecule has 1 heterocycles. The summed E-state index contributed by atoms with van der Waals surface area (Å²) in [6, 6.07) is 26.6. The number of carboxylic acid groups (broad SMARTS) is 1. The van der Waals surface area contributed by atoms with E-state index in [-0.39, 0.29) is 18.5 Å². The minimum atomic E-state index is -4.46. The Morgan fingerprint density at radius 3 is 1.88 bits per heavy atom. The van der Waals surface area contributed by atoms with Crippen LogP contribution in [0.3, 0.4) is 0 Å². The largest absolute Gasteiger partial charge is 0.480 e. The third-order valence-electron chi connectivity index (χ3n) is 8.50. The number of alkyl halides is 3. The van der Waals surface area contributed by atoms with Crippen molar-refractivity contribution < 1.29 is 37.4 Å². The number of rotatable bonds is 9. The summed E-state index contributed by atoms with van der Waals surface area (Å²) >= 11 is 0. The van der Waals surface area contributed by atoms with Gasteiger partial charge in [0.05, 0.1) is 11.6 Å². The standard InChI is InChI=1S/C39H39F3N2O5/c1-38(2,3)49-37(48)43-23-7-10-33(43)25-44(34(36(46)47)24-26-11-13-28(14-12-26)27-8-5-4-6-9-27)35(45)31-17-15-29(16-18-31)30-19-21-32(22-20-30)39(40,41)42/h4-6,8-9,11-22,33-34H,7,10,23-25H2,1-3H3,(H,46,47)/t33-,34?/m0/s1. The lowest BCUT2D eigenvalue weighted by atomic mass is 9.98. The summed E-state index contributed by atoms with van der Waals surface area (Å²) in [5.41, 5.74) is 2.55. The van der Waals surface area contributed by atoms with Crippen molar-refractivity contribution in [3.8, 4) is 22.3 Å². The van der Waals surface area contributed by atoms with E-state index in [0.29, 0.717) is 30.5 Å². The Labute approximate surface area is 283 Å². The van der Waals surface area contributed by atoms with Gasteiger partial charge in [-0.2, -0.15) is 13.2 Å². The number of carbonyl (C=O) groups is 3. The maximum Gasteiger partial charge on any atom is 0.416 e. The SMILES string of the molecule is CC(C)(C)OC(=O)N1CCC[C@H]1CN(C(=O)c1ccc(-c2ccc(C(F)(F)F)cc2)cc1)C(Cc1ccc(-c2ccccc2)cc1)C(=O)O. The van der Waals surface area contributed by atoms with Gasteiger partial charge in [-0.25, -0.2) is 9.59 Å². The van der Waals surface area contributed by atoms with Crippen LogP contribution in [0.25, 0.3) is 22.3 Å². The first-order valence-corrected chi connectivity index (χ1v) is 16.1. The lowest BCUT2D eigenvalue weighted by Gasteiger charge is -2.35. The first-order valence-electron chi connectivity index (χ1n) is 16.1. The fraction of sp³-hybridized carbons (Fsp3) is 0.308. The van der Waals surface area contributed by atoms with Gasteiger partial charge in [-0.15, -0.1) is 0 Å². The normalized spacial score (nSPS) is 15.5. The van der Waals surface area contributed by atoms with Crippen molar-refractivity contribution in [2.75, 3.05) is 13.1 Å². The Morgan fingerprint density at radius 1 is 0.816 bits per heavy atom. The highest BCUT2D eigenvalue weighted by molar-refractivity contribution is 5.97. The molecule has 1 unspecified atom stereocenters. The van der Waals surface area contributed by atoms with E-state index >= 15 is 0 Å². The summed E-state index contributed by atoms with van der Waals surface area (Å²) in [4.78, 5) is 43.1. The molecule has 49 heavy (non-hydrogen) atoms. The number of hydrogen-bond acceptors (Lipinski definition) is 4. The zero-order valence-corrected chi connectivity index (χ0v) is 27.6. The molecule has 5 rings (SSSR count). The van der Waals surface area contributed by atoms with Crippen molar-refractivity contribution in [2.24, 2.45) is 0 Å². The quantitative estimate of drug-likeness (QED) is 0.193. The molecule has 1 fully saturated rings. The fourth-order valence-electron chi connectivity index (χ4n) is 6.01. The van der Waals surface area contributed by atoms with Crippen LogP contribution in [-0.2, 0) is 22.1 Å². The summed E-state index contributed by atoms with van der Waals surface area (Å²) < 4.78 is 44.8. The molecule has 1 saturated heterocycles. The minimum absolute atomic E-state index is 0.0267. The highest BCUT2D eigenvalue weighted by Gasteiger charge is 2.38. The van der Waals surface area contributed by atoms with E-state index in [4.69, 9.17) is 4.74 Å². The third-order valence-corrected chi connectivity index (χ3v) is 8.50. The van der Waals surface area contributed by atoms with Crippen LogP contribution in [0.2, 0.25) is 0 Å². The molecule has 1 aliphatic heterocycles. The van der Waals surface area contributed by atoms with Crippen LogP contribution in [0.5, 0.6) is 0 Å². The molecule has 10 heteroatoms. The first kappa shape index (κ1) is 35.2. The molecule has 0 bridgehead atoms. The number of hydrogen-bond donors (Lipinski definition) is 1. The summed E-state index contributed by atoms with van der Waals surface area (Å²) in [5.74, 6) is -1.73. The van der Waals surface area contributed by atoms with Gasteiger partial charge in [0.1, 0.15) is 11.6 Å². The number of nitrogens with zero attached hydrogens (tertiary/aromatic N) is 2. The molecular formula is C39H39F3N2O5. The average Bonchev–Trinajstić information content (AvgIpc) is 3.54. The smallest absolute Gasteiger partial charge is 0.416 e. The summed E-state index contributed by atoms with van der Waals surface area (Å²) in [6.07, 6.45) is -3.72. The molecule has 0 radical (unpaired) electrons. The fourth-order valence-corrected chi connectivity index (χ4v) is 6.01. The maximum absolute atomic E-state index is 14.2. The third kappa shape index (κ3) is 8.87. The van der Waals surface area contributed by atoms with Crippen molar-refractivity contribution in [2.45, 2.75) is 63.9 Å². The molecule has 1 N–H and O–H groups in total. The van der Waals surface area contributed by atoms with Crippen LogP contribution in [0.4, 0.5) is 18.0 Å². The Hall–Kier alpha value is -5.12. The lowest BCUT2D eigenvalue weighted by molar-refractivity contribution is -0.142. The number of carbonyl (C=O) groups excluding carboxylic acids is 2. The number of amides is 2. The molecule has 1 aliphatic rings. The topological polar surface area (TPSA) is 87.2 Å². The van der Waals surface area contributed by atoms with Gasteiger partial charge in [-0.05, 0) is 85.7 Å². The van der Waals surface area contributed by atoms with Gasteiger partial charge in [-0.1, -0.05) is 78.9 Å². The number of aliphatic carboxylic acids is 1. The molecule has 4 aromatic rings. The van der Waals surface area contributed by atoms with Gasteiger partial charge >= 0.3 is 18.2 Å². The Bertz CT molecular complexity index is 1750. The Kier molecular flexibility index (Phi) is 10.5. The van der Waals surface area contributed by atoms with Gasteiger partial charge in [0.15, 0.2) is 0 Å². The van der Waals surface area contributed by atoms with Crippen LogP contribution < -0.4 is 0 Å². The number of halogens is 3. The van der Waals surface area contributed by atoms with Crippen LogP contribution in [0.1, 0.15) is 55.1 Å². The number of carboxylic acids is 1. The Balaban J connectivity index is 1.43. The molecule has 2 atom stereocenters. The molecule has 0 spiro atoms. The molecule has 4 aromatic carbocycles. The lowest BCUT2D eigenvalue weighted by Crippen LogP contribution is -2.53. The van der Waals surface area contributed by atoms with Crippen molar-refractivity contribution in [3.63, 3.8) is 0 Å². The molecule has 7 nitrogen and oxygen atoms in total. The second-order valence-electron chi connectivity index (χ2n) is 13.2. The van der Waals surface area contributed by atoms with Crippen LogP contribution in [0, 0.1) is 0 Å². The zero-order chi connectivity index (χ0) is 35.3. The van der Waals surface area contributed by atoms with E-state index in [9.17, 15) is 32.7 Å². The molecular weight excluding hydrogens is 633 g/mol. The number of ether oxygens (including phenoxy) is 1. The zero-order valence-electron chi connectivity index (χ0n) is 27.6. The molecule has 0 aromatic heterocycles. The van der Waals surface area contributed by atoms with Gasteiger partial charge < -0.3 is 19.6 Å². The minimum Gasteiger partial charge on any atom is -0.480 e. The van der Waals surface area contributed by atoms with Crippen LogP contribution >= 0.6 is 0 Å². The van der Waals surface area contributed by atoms with Crippen LogP contribution in [-0.4, -0.2) is 63.7 Å². The monoisotopic (exact) mass is 672 g/mol. The molecule has 0 aliphatic carbocycles.